The lowest BCUT2D eigenvalue weighted by Gasteiger charge is -2.14. The zero-order chi connectivity index (χ0) is 18.0. The molecule has 0 bridgehead atoms. The summed E-state index contributed by atoms with van der Waals surface area (Å²) < 4.78 is 37.8. The molecular weight excluding hydrogens is 329 g/mol. The van der Waals surface area contributed by atoms with E-state index in [4.69, 9.17) is 0 Å². The average Bonchev–Trinajstić information content (AvgIpc) is 2.95. The topological polar surface area (TPSA) is 41.1 Å². The maximum atomic E-state index is 12.6. The van der Waals surface area contributed by atoms with Crippen molar-refractivity contribution in [3.8, 4) is 0 Å². The lowest BCUT2D eigenvalue weighted by Crippen LogP contribution is -2.19. The monoisotopic (exact) mass is 346 g/mol. The second-order valence-corrected chi connectivity index (χ2v) is 6.00. The van der Waals surface area contributed by atoms with Gasteiger partial charge in [-0.15, -0.1) is 0 Å². The van der Waals surface area contributed by atoms with Crippen molar-refractivity contribution in [1.29, 1.82) is 0 Å². The smallest absolute Gasteiger partial charge is 0.382 e. The van der Waals surface area contributed by atoms with Crippen molar-refractivity contribution in [2.75, 3.05) is 10.6 Å². The van der Waals surface area contributed by atoms with E-state index in [0.29, 0.717) is 11.4 Å². The van der Waals surface area contributed by atoms with Crippen LogP contribution in [0.25, 0.3) is 0 Å². The Hall–Kier alpha value is -2.76. The van der Waals surface area contributed by atoms with Gasteiger partial charge in [0.25, 0.3) is 0 Å². The molecule has 0 radical (unpaired) electrons. The Balaban J connectivity index is 1.66. The first kappa shape index (κ1) is 17.1. The molecule has 25 heavy (non-hydrogen) atoms. The summed E-state index contributed by atoms with van der Waals surface area (Å²) in [6.07, 6.45) is -1.59. The van der Waals surface area contributed by atoms with Crippen LogP contribution in [0, 0.1) is 0 Å². The van der Waals surface area contributed by atoms with Gasteiger partial charge in [0, 0.05) is 17.4 Å². The molecule has 130 valence electrons. The minimum Gasteiger partial charge on any atom is -0.382 e. The van der Waals surface area contributed by atoms with E-state index < -0.39 is 11.7 Å². The van der Waals surface area contributed by atoms with Gasteiger partial charge in [0.2, 0.25) is 5.91 Å². The largest absolute Gasteiger partial charge is 0.416 e. The predicted molar refractivity (Wildman–Crippen MR) is 91.5 cm³/mol. The molecule has 1 aliphatic carbocycles. The Bertz CT molecular complexity index is 797. The van der Waals surface area contributed by atoms with E-state index in [1.54, 1.807) is 0 Å². The Kier molecular flexibility index (Phi) is 4.53. The lowest BCUT2D eigenvalue weighted by molar-refractivity contribution is -0.137. The maximum Gasteiger partial charge on any atom is 0.416 e. The fourth-order valence-electron chi connectivity index (χ4n) is 2.98. The summed E-state index contributed by atoms with van der Waals surface area (Å²) in [5, 5.41) is 5.99. The maximum absolute atomic E-state index is 12.6. The van der Waals surface area contributed by atoms with E-state index in [1.807, 2.05) is 18.2 Å². The minimum atomic E-state index is -4.33. The molecule has 6 heteroatoms. The van der Waals surface area contributed by atoms with Gasteiger partial charge < -0.3 is 10.6 Å². The molecule has 2 aromatic rings. The first-order valence-corrected chi connectivity index (χ1v) is 7.84. The summed E-state index contributed by atoms with van der Waals surface area (Å²) in [5.41, 5.74) is 2.99. The molecule has 1 aliphatic rings. The second-order valence-electron chi connectivity index (χ2n) is 6.00. The Labute approximate surface area is 143 Å². The van der Waals surface area contributed by atoms with E-state index in [1.165, 1.54) is 23.8 Å². The van der Waals surface area contributed by atoms with E-state index in [9.17, 15) is 18.0 Å². The van der Waals surface area contributed by atoms with E-state index >= 15 is 0 Å². The van der Waals surface area contributed by atoms with Gasteiger partial charge in [0.1, 0.15) is 0 Å². The van der Waals surface area contributed by atoms with Crippen molar-refractivity contribution >= 4 is 17.3 Å². The number of hydrogen-bond donors (Lipinski definition) is 2. The summed E-state index contributed by atoms with van der Waals surface area (Å²) in [6.45, 7) is 3.42. The van der Waals surface area contributed by atoms with Gasteiger partial charge in [-0.05, 0) is 66.4 Å². The average molecular weight is 346 g/mol. The quantitative estimate of drug-likeness (QED) is 0.805. The van der Waals surface area contributed by atoms with Crippen LogP contribution in [0.3, 0.4) is 0 Å². The molecule has 0 spiro atoms. The van der Waals surface area contributed by atoms with Crippen LogP contribution < -0.4 is 10.6 Å². The fraction of sp³-hybridized carbons (Fsp3) is 0.211. The van der Waals surface area contributed by atoms with Crippen LogP contribution in [-0.4, -0.2) is 11.9 Å². The molecule has 0 heterocycles. The Morgan fingerprint density at radius 1 is 1.04 bits per heavy atom. The summed E-state index contributed by atoms with van der Waals surface area (Å²) in [5.74, 6) is -0.266. The van der Waals surface area contributed by atoms with Crippen LogP contribution in [0.2, 0.25) is 0 Å². The number of fused-ring (bicyclic) bond motifs is 1. The van der Waals surface area contributed by atoms with E-state index in [-0.39, 0.29) is 11.9 Å². The normalized spacial score (nSPS) is 16.2. The molecule has 0 saturated carbocycles. The minimum absolute atomic E-state index is 0.108. The van der Waals surface area contributed by atoms with Crippen molar-refractivity contribution < 1.29 is 18.0 Å². The Morgan fingerprint density at radius 2 is 1.68 bits per heavy atom. The number of halogens is 3. The van der Waals surface area contributed by atoms with E-state index in [2.05, 4.69) is 17.2 Å². The Morgan fingerprint density at radius 3 is 2.32 bits per heavy atom. The third-order valence-electron chi connectivity index (χ3n) is 4.17. The van der Waals surface area contributed by atoms with Gasteiger partial charge in [0.15, 0.2) is 0 Å². The van der Waals surface area contributed by atoms with Crippen molar-refractivity contribution in [2.45, 2.75) is 25.1 Å². The zero-order valence-corrected chi connectivity index (χ0v) is 13.4. The fourth-order valence-corrected chi connectivity index (χ4v) is 2.98. The lowest BCUT2D eigenvalue weighted by atomic mass is 10.1. The molecule has 0 saturated heterocycles. The van der Waals surface area contributed by atoms with Crippen LogP contribution in [0.15, 0.2) is 55.1 Å². The first-order valence-electron chi connectivity index (χ1n) is 7.84. The molecule has 0 aliphatic heterocycles. The van der Waals surface area contributed by atoms with Crippen molar-refractivity contribution in [1.82, 2.24) is 0 Å². The van der Waals surface area contributed by atoms with Crippen LogP contribution in [0.4, 0.5) is 24.5 Å². The zero-order valence-electron chi connectivity index (χ0n) is 13.4. The van der Waals surface area contributed by atoms with Gasteiger partial charge in [0.05, 0.1) is 5.56 Å². The number of rotatable bonds is 4. The third kappa shape index (κ3) is 4.02. The van der Waals surface area contributed by atoms with Gasteiger partial charge in [-0.1, -0.05) is 12.6 Å². The standard InChI is InChI=1S/C19H17F3N2O/c1-2-18(25)24-16-6-3-12-9-17(11-13(12)10-16)23-15-7-4-14(5-8-15)19(20,21)22/h2-8,10,17,23H,1,9,11H2,(H,24,25). The van der Waals surface area contributed by atoms with Crippen LogP contribution in [0.5, 0.6) is 0 Å². The summed E-state index contributed by atoms with van der Waals surface area (Å²) >= 11 is 0. The second kappa shape index (κ2) is 6.63. The molecule has 2 aromatic carbocycles. The first-order chi connectivity index (χ1) is 11.8. The molecule has 0 fully saturated rings. The summed E-state index contributed by atoms with van der Waals surface area (Å²) in [4.78, 5) is 11.4. The summed E-state index contributed by atoms with van der Waals surface area (Å²) in [7, 11) is 0. The molecule has 1 unspecified atom stereocenters. The number of nitrogens with one attached hydrogen (secondary N) is 2. The molecule has 0 aromatic heterocycles. The molecule has 1 atom stereocenters. The third-order valence-corrected chi connectivity index (χ3v) is 4.17. The van der Waals surface area contributed by atoms with Crippen molar-refractivity contribution in [3.63, 3.8) is 0 Å². The number of hydrogen-bond acceptors (Lipinski definition) is 2. The SMILES string of the molecule is C=CC(=O)Nc1ccc2c(c1)CC(Nc1ccc(C(F)(F)F)cc1)C2. The van der Waals surface area contributed by atoms with Crippen LogP contribution in [-0.2, 0) is 23.8 Å². The predicted octanol–water partition coefficient (Wildman–Crippen LogP) is 4.41. The molecule has 2 N–H and O–H groups in total. The molecule has 1 amide bonds. The molecule has 3 nitrogen and oxygen atoms in total. The number of amides is 1. The number of anilines is 2. The highest BCUT2D eigenvalue weighted by Gasteiger charge is 2.30. The molecule has 3 rings (SSSR count). The van der Waals surface area contributed by atoms with Crippen LogP contribution in [0.1, 0.15) is 16.7 Å². The van der Waals surface area contributed by atoms with Crippen LogP contribution >= 0.6 is 0 Å². The summed E-state index contributed by atoms with van der Waals surface area (Å²) in [6, 6.07) is 10.9. The number of alkyl halides is 3. The molecular formula is C19H17F3N2O. The van der Waals surface area contributed by atoms with Gasteiger partial charge in [-0.25, -0.2) is 0 Å². The highest BCUT2D eigenvalue weighted by Crippen LogP contribution is 2.31. The van der Waals surface area contributed by atoms with E-state index in [0.717, 1.165) is 30.5 Å². The van der Waals surface area contributed by atoms with Gasteiger partial charge in [-0.2, -0.15) is 13.2 Å². The highest BCUT2D eigenvalue weighted by atomic mass is 19.4. The van der Waals surface area contributed by atoms with Crippen molar-refractivity contribution in [3.05, 3.63) is 71.8 Å². The highest BCUT2D eigenvalue weighted by molar-refractivity contribution is 5.98. The van der Waals surface area contributed by atoms with Crippen molar-refractivity contribution in [2.24, 2.45) is 0 Å². The van der Waals surface area contributed by atoms with Gasteiger partial charge in [-0.3, -0.25) is 4.79 Å². The number of carbonyl (C=O) groups is 1. The van der Waals surface area contributed by atoms with Gasteiger partial charge >= 0.3 is 6.18 Å². The number of benzene rings is 2. The number of carbonyl (C=O) groups excluding carboxylic acids is 1.